The normalized spacial score (nSPS) is 27.4. The number of aromatic amines is 2. The highest BCUT2D eigenvalue weighted by atomic mass is 16.5. The number of amides is 4. The second-order valence-corrected chi connectivity index (χ2v) is 20.8. The number of nitrogens with one attached hydrogen (secondary N) is 5. The number of alkyl carbamates (subject to hydrolysis) is 2. The Morgan fingerprint density at radius 1 is 0.657 bits per heavy atom. The third-order valence-corrected chi connectivity index (χ3v) is 15.7. The molecular weight excluding hydrogens is 847 g/mol. The van der Waals surface area contributed by atoms with Gasteiger partial charge in [0, 0.05) is 24.2 Å². The van der Waals surface area contributed by atoms with Crippen molar-refractivity contribution in [2.24, 2.45) is 29.6 Å². The van der Waals surface area contributed by atoms with Crippen LogP contribution < -0.4 is 16.0 Å². The van der Waals surface area contributed by atoms with E-state index in [2.05, 4.69) is 87.4 Å². The van der Waals surface area contributed by atoms with Crippen LogP contribution in [0.2, 0.25) is 0 Å². The molecule has 0 spiro atoms. The maximum atomic E-state index is 14.1. The third-order valence-electron chi connectivity index (χ3n) is 15.7. The smallest absolute Gasteiger partial charge is 0.407 e. The highest BCUT2D eigenvalue weighted by Gasteiger charge is 2.57. The zero-order valence-electron chi connectivity index (χ0n) is 39.3. The van der Waals surface area contributed by atoms with E-state index in [1.165, 1.54) is 36.5 Å². The summed E-state index contributed by atoms with van der Waals surface area (Å²) < 4.78 is 9.70. The van der Waals surface area contributed by atoms with Crippen LogP contribution in [0.15, 0.2) is 60.8 Å². The molecule has 5 aromatic rings. The van der Waals surface area contributed by atoms with Crippen LogP contribution in [-0.4, -0.2) is 92.1 Å². The van der Waals surface area contributed by atoms with Crippen molar-refractivity contribution < 1.29 is 28.7 Å². The van der Waals surface area contributed by atoms with Gasteiger partial charge in [-0.3, -0.25) is 9.59 Å². The zero-order valence-corrected chi connectivity index (χ0v) is 39.3. The Hall–Kier alpha value is -6.22. The predicted molar refractivity (Wildman–Crippen MR) is 252 cm³/mol. The number of hydrogen-bond acceptors (Lipinski definition) is 9. The standard InChI is InChI=1S/C52H61N9O6/c1-24(2)45(58-51(64)66-6)49(62)60-39-19-30(39)21-41(60)47-53-23-38(57-47)28-10-8-27(9-11-28)32-13-14-33(44-37-17-26(5)16-36(54-37)43(32)44)29-12-15-34-35(18-29)56-48(55-34)42-22-31-20-40(31)61(42)50(63)46(25(3)4)59-52(65)67-7/h8-15,18,23-26,30-31,36-37,39-42,45-46,54H,16-17,19-22H2,1-7H3,(H,53,57)(H,55,56)(H,58,64)(H,59,65)/t26?,30?,31?,36?,37?,39?,40?,41-,42+,45-,46?/m0/s1. The summed E-state index contributed by atoms with van der Waals surface area (Å²) in [6.07, 6.45) is 6.44. The number of fused-ring (bicyclic) bond motifs is 8. The number of methoxy groups -OCH3 is 2. The fourth-order valence-corrected chi connectivity index (χ4v) is 12.2. The molecule has 4 aliphatic heterocycles. The maximum Gasteiger partial charge on any atom is 0.407 e. The van der Waals surface area contributed by atoms with Crippen LogP contribution >= 0.6 is 0 Å². The predicted octanol–water partition coefficient (Wildman–Crippen LogP) is 8.49. The average molecular weight is 908 g/mol. The van der Waals surface area contributed by atoms with Gasteiger partial charge < -0.3 is 45.2 Å². The van der Waals surface area contributed by atoms with Gasteiger partial charge in [0.1, 0.15) is 23.7 Å². The van der Waals surface area contributed by atoms with Crippen molar-refractivity contribution in [3.63, 3.8) is 0 Å². The zero-order chi connectivity index (χ0) is 46.6. The van der Waals surface area contributed by atoms with Crippen molar-refractivity contribution in [3.8, 4) is 33.5 Å². The molecule has 11 rings (SSSR count). The molecule has 2 bridgehead atoms. The van der Waals surface area contributed by atoms with Crippen molar-refractivity contribution in [3.05, 3.63) is 83.6 Å². The van der Waals surface area contributed by atoms with Crippen molar-refractivity contribution >= 4 is 35.0 Å². The van der Waals surface area contributed by atoms with Crippen LogP contribution in [0.1, 0.15) is 120 Å². The van der Waals surface area contributed by atoms with Crippen molar-refractivity contribution in [2.75, 3.05) is 14.2 Å². The number of likely N-dealkylation sites (tertiary alicyclic amines) is 2. The summed E-state index contributed by atoms with van der Waals surface area (Å²) in [5, 5.41) is 9.54. The first kappa shape index (κ1) is 43.4. The number of carbonyl (C=O) groups is 4. The Labute approximate surface area is 390 Å². The molecule has 2 aromatic heterocycles. The number of hydrogen-bond donors (Lipinski definition) is 5. The van der Waals surface area contributed by atoms with Crippen molar-refractivity contribution in [1.82, 2.24) is 45.7 Å². The Kier molecular flexibility index (Phi) is 10.7. The van der Waals surface area contributed by atoms with E-state index in [0.717, 1.165) is 83.6 Å². The van der Waals surface area contributed by atoms with Crippen LogP contribution in [0, 0.1) is 29.6 Å². The minimum absolute atomic E-state index is 0.0879. The first-order valence-electron chi connectivity index (χ1n) is 24.2. The van der Waals surface area contributed by atoms with Gasteiger partial charge >= 0.3 is 12.2 Å². The maximum absolute atomic E-state index is 14.1. The lowest BCUT2D eigenvalue weighted by atomic mass is 9.86. The van der Waals surface area contributed by atoms with Crippen LogP contribution in [0.3, 0.4) is 0 Å². The van der Waals surface area contributed by atoms with E-state index in [0.29, 0.717) is 17.8 Å². The summed E-state index contributed by atoms with van der Waals surface area (Å²) in [6, 6.07) is 18.8. The van der Waals surface area contributed by atoms with Crippen LogP contribution in [0.5, 0.6) is 0 Å². The van der Waals surface area contributed by atoms with Gasteiger partial charge in [-0.05, 0) is 119 Å². The minimum atomic E-state index is -0.685. The van der Waals surface area contributed by atoms with E-state index in [4.69, 9.17) is 19.4 Å². The van der Waals surface area contributed by atoms with Gasteiger partial charge in [-0.1, -0.05) is 77.1 Å². The van der Waals surface area contributed by atoms with E-state index in [9.17, 15) is 19.2 Å². The van der Waals surface area contributed by atoms with Gasteiger partial charge in [0.05, 0.1) is 49.2 Å². The minimum Gasteiger partial charge on any atom is -0.453 e. The molecular formula is C52H61N9O6. The number of H-pyrrole nitrogens is 2. The number of aromatic nitrogens is 4. The largest absolute Gasteiger partial charge is 0.453 e. The average Bonchev–Trinajstić information content (AvgIpc) is 3.86. The van der Waals surface area contributed by atoms with Crippen molar-refractivity contribution in [2.45, 2.75) is 121 Å². The number of imidazole rings is 2. The topological polar surface area (TPSA) is 187 Å². The number of ether oxygens (including phenoxy) is 2. The summed E-state index contributed by atoms with van der Waals surface area (Å²) in [4.78, 5) is 73.4. The van der Waals surface area contributed by atoms with Crippen LogP contribution in [0.4, 0.5) is 9.59 Å². The molecule has 6 heterocycles. The number of benzene rings is 3. The van der Waals surface area contributed by atoms with E-state index >= 15 is 0 Å². The fraction of sp³-hybridized carbons (Fsp3) is 0.500. The number of carbonyl (C=O) groups excluding carboxylic acids is 4. The highest BCUT2D eigenvalue weighted by Crippen LogP contribution is 2.56. The summed E-state index contributed by atoms with van der Waals surface area (Å²) in [7, 11) is 2.63. The summed E-state index contributed by atoms with van der Waals surface area (Å²) in [6.45, 7) is 10.1. The lowest BCUT2D eigenvalue weighted by Gasteiger charge is -2.31. The van der Waals surface area contributed by atoms with E-state index < -0.39 is 24.3 Å². The quantitative estimate of drug-likeness (QED) is 0.0867. The summed E-state index contributed by atoms with van der Waals surface area (Å²) >= 11 is 0. The molecule has 2 saturated carbocycles. The van der Waals surface area contributed by atoms with E-state index in [1.54, 1.807) is 0 Å². The Bertz CT molecular complexity index is 2780. The molecule has 5 fully saturated rings. The molecule has 5 N–H and O–H groups in total. The first-order chi connectivity index (χ1) is 32.3. The molecule has 15 nitrogen and oxygen atoms in total. The molecule has 67 heavy (non-hydrogen) atoms. The second kappa shape index (κ2) is 16.5. The van der Waals surface area contributed by atoms with E-state index in [1.807, 2.05) is 43.7 Å². The Morgan fingerprint density at radius 2 is 1.18 bits per heavy atom. The van der Waals surface area contributed by atoms with Gasteiger partial charge in [0.15, 0.2) is 0 Å². The van der Waals surface area contributed by atoms with Gasteiger partial charge in [-0.25, -0.2) is 19.6 Å². The molecule has 11 atom stereocenters. The summed E-state index contributed by atoms with van der Waals surface area (Å²) in [5.41, 5.74) is 11.2. The molecule has 0 radical (unpaired) electrons. The molecule has 6 aliphatic rings. The molecule has 3 saturated heterocycles. The SMILES string of the molecule is COC(=O)NC(C(=O)N1C2CC2C[C@@H]1c1nc2ccc(-c3ccc(-c4ccc(-c5cnc([C@@H]6CC7CC7N6C(=O)[C@@H](NC(=O)OC)C(C)C)[nH]5)cc4)c4c3C3CC(C)CC4N3)cc2[nH]1)C(C)C. The fourth-order valence-electron chi connectivity index (χ4n) is 12.2. The van der Waals surface area contributed by atoms with Gasteiger partial charge in [-0.15, -0.1) is 0 Å². The molecule has 4 amide bonds. The molecule has 8 unspecified atom stereocenters. The summed E-state index contributed by atoms with van der Waals surface area (Å²) in [5.74, 6) is 2.63. The molecule has 15 heteroatoms. The Morgan fingerprint density at radius 3 is 1.73 bits per heavy atom. The Balaban J connectivity index is 0.860. The molecule has 350 valence electrons. The van der Waals surface area contributed by atoms with Gasteiger partial charge in [0.25, 0.3) is 0 Å². The van der Waals surface area contributed by atoms with Gasteiger partial charge in [-0.2, -0.15) is 0 Å². The first-order valence-corrected chi connectivity index (χ1v) is 24.2. The lowest BCUT2D eigenvalue weighted by Crippen LogP contribution is -2.52. The lowest BCUT2D eigenvalue weighted by molar-refractivity contribution is -0.137. The van der Waals surface area contributed by atoms with Crippen LogP contribution in [0.25, 0.3) is 44.5 Å². The van der Waals surface area contributed by atoms with E-state index in [-0.39, 0.29) is 59.9 Å². The number of nitrogens with zero attached hydrogens (tertiary/aromatic N) is 4. The number of rotatable bonds is 11. The third kappa shape index (κ3) is 7.53. The molecule has 2 aliphatic carbocycles. The second-order valence-electron chi connectivity index (χ2n) is 20.8. The van der Waals surface area contributed by atoms with Crippen molar-refractivity contribution in [1.29, 1.82) is 0 Å². The highest BCUT2D eigenvalue weighted by molar-refractivity contribution is 5.89. The van der Waals surface area contributed by atoms with Crippen LogP contribution in [-0.2, 0) is 19.1 Å². The number of piperidine rings is 3. The van der Waals surface area contributed by atoms with Gasteiger partial charge in [0.2, 0.25) is 11.8 Å². The molecule has 3 aromatic carbocycles. The monoisotopic (exact) mass is 907 g/mol.